The van der Waals surface area contributed by atoms with Gasteiger partial charge in [0.25, 0.3) is 11.8 Å². The van der Waals surface area contributed by atoms with E-state index in [4.69, 9.17) is 4.74 Å². The van der Waals surface area contributed by atoms with Gasteiger partial charge in [0.05, 0.1) is 18.1 Å². The Morgan fingerprint density at radius 2 is 1.85 bits per heavy atom. The van der Waals surface area contributed by atoms with E-state index in [1.807, 2.05) is 0 Å². The van der Waals surface area contributed by atoms with E-state index in [1.54, 1.807) is 0 Å². The minimum atomic E-state index is -3.49. The van der Waals surface area contributed by atoms with E-state index in [0.29, 0.717) is 17.9 Å². The topological polar surface area (TPSA) is 128 Å². The zero-order valence-corrected chi connectivity index (χ0v) is 23.4. The lowest BCUT2D eigenvalue weighted by Crippen LogP contribution is -2.59. The number of benzene rings is 2. The average Bonchev–Trinajstić information content (AvgIpc) is 3.09. The Hall–Kier alpha value is -3.64. The molecule has 0 saturated carbocycles. The van der Waals surface area contributed by atoms with E-state index >= 15 is 8.78 Å². The third-order valence-corrected chi connectivity index (χ3v) is 7.48. The number of likely N-dealkylation sites (tertiary alicyclic amines) is 1. The lowest BCUT2D eigenvalue weighted by Gasteiger charge is -2.34. The smallest absolute Gasteiger partial charge is 0.272 e. The minimum Gasteiger partial charge on any atom is -0.508 e. The highest BCUT2D eigenvalue weighted by Gasteiger charge is 2.64. The summed E-state index contributed by atoms with van der Waals surface area (Å²) in [6.45, 7) is 3.13. The number of carbonyl (C=O) groups is 3. The molecule has 1 heterocycles. The molecule has 3 amide bonds. The van der Waals surface area contributed by atoms with Crippen LogP contribution in [0.2, 0.25) is 0 Å². The molecule has 2 aromatic carbocycles. The van der Waals surface area contributed by atoms with Crippen LogP contribution in [0.5, 0.6) is 5.75 Å². The van der Waals surface area contributed by atoms with Gasteiger partial charge in [0.1, 0.15) is 23.7 Å². The van der Waals surface area contributed by atoms with Crippen molar-refractivity contribution in [3.05, 3.63) is 65.0 Å². The first-order valence-electron chi connectivity index (χ1n) is 13.2. The third-order valence-electron chi connectivity index (χ3n) is 7.48. The molecule has 0 bridgehead atoms. The molecule has 9 nitrogen and oxygen atoms in total. The summed E-state index contributed by atoms with van der Waals surface area (Å²) < 4.78 is 49.3. The molecule has 1 saturated heterocycles. The van der Waals surface area contributed by atoms with Gasteiger partial charge in [0, 0.05) is 37.8 Å². The number of alkyl halides is 2. The molecule has 1 aliphatic heterocycles. The van der Waals surface area contributed by atoms with Crippen LogP contribution < -0.4 is 10.6 Å². The molecular weight excluding hydrogens is 543 g/mol. The number of halogens is 3. The average molecular weight is 580 g/mol. The molecule has 0 unspecified atom stereocenters. The quantitative estimate of drug-likeness (QED) is 0.303. The Bertz CT molecular complexity index is 1270. The van der Waals surface area contributed by atoms with Gasteiger partial charge in [-0.15, -0.1) is 0 Å². The van der Waals surface area contributed by atoms with Gasteiger partial charge < -0.3 is 30.5 Å². The second kappa shape index (κ2) is 12.9. The zero-order valence-electron chi connectivity index (χ0n) is 23.4. The first-order valence-corrected chi connectivity index (χ1v) is 13.2. The summed E-state index contributed by atoms with van der Waals surface area (Å²) in [4.78, 5) is 41.0. The van der Waals surface area contributed by atoms with E-state index < -0.39 is 59.6 Å². The number of aliphatic hydroxyl groups excluding tert-OH is 1. The highest BCUT2D eigenvalue weighted by atomic mass is 19.3. The number of methoxy groups -OCH3 is 1. The van der Waals surface area contributed by atoms with Crippen molar-refractivity contribution in [2.75, 3.05) is 26.8 Å². The van der Waals surface area contributed by atoms with Crippen LogP contribution >= 0.6 is 0 Å². The Morgan fingerprint density at radius 1 is 1.17 bits per heavy atom. The molecule has 0 spiro atoms. The number of phenols is 1. The van der Waals surface area contributed by atoms with Crippen molar-refractivity contribution < 1.29 is 42.5 Å². The monoisotopic (exact) mass is 579 g/mol. The molecule has 1 aliphatic rings. The molecule has 2 aromatic rings. The van der Waals surface area contributed by atoms with Crippen LogP contribution in [-0.4, -0.2) is 83.8 Å². The van der Waals surface area contributed by atoms with Gasteiger partial charge in [0.2, 0.25) is 11.8 Å². The summed E-state index contributed by atoms with van der Waals surface area (Å²) in [5.41, 5.74) is -1.52. The van der Waals surface area contributed by atoms with Gasteiger partial charge in [-0.3, -0.25) is 14.4 Å². The summed E-state index contributed by atoms with van der Waals surface area (Å²) >= 11 is 0. The fraction of sp³-hybridized carbons (Fsp3) is 0.483. The predicted molar refractivity (Wildman–Crippen MR) is 144 cm³/mol. The first kappa shape index (κ1) is 31.9. The third kappa shape index (κ3) is 6.99. The summed E-state index contributed by atoms with van der Waals surface area (Å²) in [7, 11) is 1.48. The standard InChI is InChI=1S/C29H36F3N3O6/c1-17-20(10-6-11-21(17)36)25(38)34-23(22(37)15-18-8-5-9-19(30)14-18)27(40)35-16-29(31,32)28(2,3)24(35)26(39)33-12-7-13-41-4/h5-6,8-11,14,22-24,36-37H,7,12-13,15-16H2,1-4H3,(H,33,39)(H,34,38)/t22-,23-,24+/m0/s1. The first-order chi connectivity index (χ1) is 19.2. The molecule has 224 valence electrons. The van der Waals surface area contributed by atoms with Crippen LogP contribution in [-0.2, 0) is 20.7 Å². The zero-order chi connectivity index (χ0) is 30.5. The van der Waals surface area contributed by atoms with Crippen LogP contribution in [0.25, 0.3) is 0 Å². The Labute approximate surface area is 236 Å². The van der Waals surface area contributed by atoms with Crippen molar-refractivity contribution in [3.8, 4) is 5.75 Å². The number of rotatable bonds is 11. The summed E-state index contributed by atoms with van der Waals surface area (Å²) in [6, 6.07) is 5.95. The van der Waals surface area contributed by atoms with Crippen molar-refractivity contribution in [1.82, 2.24) is 15.5 Å². The van der Waals surface area contributed by atoms with Gasteiger partial charge in [0.15, 0.2) is 0 Å². The molecule has 0 radical (unpaired) electrons. The Morgan fingerprint density at radius 3 is 2.51 bits per heavy atom. The number of aromatic hydroxyl groups is 1. The van der Waals surface area contributed by atoms with Gasteiger partial charge in [-0.25, -0.2) is 13.2 Å². The number of nitrogens with zero attached hydrogens (tertiary/aromatic N) is 1. The number of carbonyl (C=O) groups excluding carboxylic acids is 3. The van der Waals surface area contributed by atoms with Crippen LogP contribution in [0, 0.1) is 18.2 Å². The van der Waals surface area contributed by atoms with E-state index in [0.717, 1.165) is 6.07 Å². The SMILES string of the molecule is COCCCNC(=O)[C@H]1N(C(=O)[C@@H](NC(=O)c2cccc(O)c2C)[C@@H](O)Cc2cccc(F)c2)CC(F)(F)C1(C)C. The summed E-state index contributed by atoms with van der Waals surface area (Å²) in [5.74, 6) is -7.05. The highest BCUT2D eigenvalue weighted by molar-refractivity contribution is 6.00. The fourth-order valence-electron chi connectivity index (χ4n) is 4.91. The summed E-state index contributed by atoms with van der Waals surface area (Å²) in [5, 5.41) is 26.2. The highest BCUT2D eigenvalue weighted by Crippen LogP contribution is 2.48. The van der Waals surface area contributed by atoms with E-state index in [-0.39, 0.29) is 35.4 Å². The van der Waals surface area contributed by atoms with E-state index in [1.165, 1.54) is 64.3 Å². The molecule has 4 N–H and O–H groups in total. The number of phenolic OH excluding ortho intramolecular Hbond substituents is 1. The maximum Gasteiger partial charge on any atom is 0.272 e. The second-order valence-corrected chi connectivity index (χ2v) is 10.7. The Balaban J connectivity index is 1.98. The van der Waals surface area contributed by atoms with Crippen molar-refractivity contribution >= 4 is 17.7 Å². The van der Waals surface area contributed by atoms with Gasteiger partial charge >= 0.3 is 0 Å². The fourth-order valence-corrected chi connectivity index (χ4v) is 4.91. The molecule has 3 atom stereocenters. The van der Waals surface area contributed by atoms with Gasteiger partial charge in [-0.1, -0.05) is 32.0 Å². The number of ether oxygens (including phenoxy) is 1. The normalized spacial score (nSPS) is 18.9. The predicted octanol–water partition coefficient (Wildman–Crippen LogP) is 2.57. The number of aliphatic hydroxyl groups is 1. The number of hydrogen-bond donors (Lipinski definition) is 4. The molecule has 1 fully saturated rings. The number of nitrogens with one attached hydrogen (secondary N) is 2. The minimum absolute atomic E-state index is 0.0136. The lowest BCUT2D eigenvalue weighted by molar-refractivity contribution is -0.144. The number of amides is 3. The molecular formula is C29H36F3N3O6. The van der Waals surface area contributed by atoms with Crippen molar-refractivity contribution in [3.63, 3.8) is 0 Å². The largest absolute Gasteiger partial charge is 0.508 e. The van der Waals surface area contributed by atoms with Crippen molar-refractivity contribution in [1.29, 1.82) is 0 Å². The van der Waals surface area contributed by atoms with Crippen LogP contribution in [0.15, 0.2) is 42.5 Å². The molecule has 0 aromatic heterocycles. The Kier molecular flexibility index (Phi) is 10.0. The van der Waals surface area contributed by atoms with Crippen LogP contribution in [0.1, 0.15) is 41.8 Å². The van der Waals surface area contributed by atoms with E-state index in [9.17, 15) is 29.0 Å². The van der Waals surface area contributed by atoms with Crippen molar-refractivity contribution in [2.45, 2.75) is 57.7 Å². The maximum atomic E-state index is 15.3. The van der Waals surface area contributed by atoms with E-state index in [2.05, 4.69) is 10.6 Å². The van der Waals surface area contributed by atoms with Gasteiger partial charge in [-0.05, 0) is 43.2 Å². The van der Waals surface area contributed by atoms with Crippen molar-refractivity contribution in [2.24, 2.45) is 5.41 Å². The lowest BCUT2D eigenvalue weighted by atomic mass is 9.81. The molecule has 0 aliphatic carbocycles. The number of hydrogen-bond acceptors (Lipinski definition) is 6. The molecule has 12 heteroatoms. The van der Waals surface area contributed by atoms with Crippen LogP contribution in [0.4, 0.5) is 13.2 Å². The summed E-state index contributed by atoms with van der Waals surface area (Å²) in [6.07, 6.45) is -1.59. The van der Waals surface area contributed by atoms with Crippen LogP contribution in [0.3, 0.4) is 0 Å². The second-order valence-electron chi connectivity index (χ2n) is 10.7. The maximum absolute atomic E-state index is 15.3. The molecule has 41 heavy (non-hydrogen) atoms. The molecule has 3 rings (SSSR count). The van der Waals surface area contributed by atoms with Gasteiger partial charge in [-0.2, -0.15) is 0 Å².